The first-order chi connectivity index (χ1) is 7.63. The fourth-order valence-electron chi connectivity index (χ4n) is 1.63. The van der Waals surface area contributed by atoms with Gasteiger partial charge in [0.15, 0.2) is 0 Å². The number of rotatable bonds is 3. The number of aromatic amines is 1. The van der Waals surface area contributed by atoms with Crippen LogP contribution in [0.25, 0.3) is 11.2 Å². The van der Waals surface area contributed by atoms with Crippen molar-refractivity contribution in [3.05, 3.63) is 27.3 Å². The van der Waals surface area contributed by atoms with E-state index >= 15 is 0 Å². The lowest BCUT2D eigenvalue weighted by Gasteiger charge is -2.06. The lowest BCUT2D eigenvalue weighted by Crippen LogP contribution is -2.31. The average molecular weight is 284 g/mol. The first-order valence-corrected chi connectivity index (χ1v) is 6.20. The third-order valence-electron chi connectivity index (χ3n) is 2.64. The summed E-state index contributed by atoms with van der Waals surface area (Å²) in [5.41, 5.74) is 1.91. The summed E-state index contributed by atoms with van der Waals surface area (Å²) in [6, 6.07) is 1.90. The number of hydrogen-bond acceptors (Lipinski definition) is 2. The van der Waals surface area contributed by atoms with Gasteiger partial charge >= 0.3 is 5.65 Å². The molecule has 4 nitrogen and oxygen atoms in total. The number of pyridine rings is 1. The summed E-state index contributed by atoms with van der Waals surface area (Å²) < 4.78 is 1.67. The minimum atomic E-state index is 0.479. The molecule has 0 radical (unpaired) electrons. The van der Waals surface area contributed by atoms with Crippen molar-refractivity contribution in [2.75, 3.05) is 0 Å². The summed E-state index contributed by atoms with van der Waals surface area (Å²) in [6.45, 7) is 3.91. The van der Waals surface area contributed by atoms with Crippen molar-refractivity contribution in [3.63, 3.8) is 0 Å². The van der Waals surface area contributed by atoms with Gasteiger partial charge in [-0.05, 0) is 40.3 Å². The van der Waals surface area contributed by atoms with Gasteiger partial charge < -0.3 is 10.2 Å². The SMILES string of the molecule is CCCCc1nc2c(cc(Br)c(C)[n+]2[O-])[nH]1. The number of hydrogen-bond donors (Lipinski definition) is 1. The largest absolute Gasteiger partial charge is 0.710 e. The van der Waals surface area contributed by atoms with Crippen molar-refractivity contribution in [1.29, 1.82) is 0 Å². The van der Waals surface area contributed by atoms with Gasteiger partial charge in [-0.3, -0.25) is 0 Å². The maximum absolute atomic E-state index is 11.8. The molecule has 5 heteroatoms. The predicted molar refractivity (Wildman–Crippen MR) is 66.1 cm³/mol. The van der Waals surface area contributed by atoms with E-state index in [1.807, 2.05) is 6.07 Å². The van der Waals surface area contributed by atoms with E-state index in [2.05, 4.69) is 32.8 Å². The number of imidazole rings is 1. The molecule has 86 valence electrons. The van der Waals surface area contributed by atoms with Crippen LogP contribution in [0, 0.1) is 12.1 Å². The van der Waals surface area contributed by atoms with Gasteiger partial charge in [0.2, 0.25) is 5.82 Å². The molecule has 0 aliphatic rings. The van der Waals surface area contributed by atoms with Crippen LogP contribution in [0.3, 0.4) is 0 Å². The zero-order chi connectivity index (χ0) is 11.7. The summed E-state index contributed by atoms with van der Waals surface area (Å²) in [5, 5.41) is 11.8. The number of nitrogens with one attached hydrogen (secondary N) is 1. The van der Waals surface area contributed by atoms with Crippen LogP contribution in [0.2, 0.25) is 0 Å². The molecule has 2 aromatic rings. The van der Waals surface area contributed by atoms with Gasteiger partial charge in [0, 0.05) is 6.42 Å². The summed E-state index contributed by atoms with van der Waals surface area (Å²) in [6.07, 6.45) is 3.10. The normalized spacial score (nSPS) is 11.2. The highest BCUT2D eigenvalue weighted by Gasteiger charge is 2.16. The van der Waals surface area contributed by atoms with E-state index in [-0.39, 0.29) is 0 Å². The van der Waals surface area contributed by atoms with Gasteiger partial charge in [-0.2, -0.15) is 0 Å². The lowest BCUT2D eigenvalue weighted by atomic mass is 10.2. The van der Waals surface area contributed by atoms with Crippen LogP contribution in [-0.4, -0.2) is 9.97 Å². The minimum absolute atomic E-state index is 0.479. The third kappa shape index (κ3) is 1.91. The van der Waals surface area contributed by atoms with Crippen LogP contribution >= 0.6 is 15.9 Å². The predicted octanol–water partition coefficient (Wildman–Crippen LogP) is 2.61. The van der Waals surface area contributed by atoms with Crippen molar-refractivity contribution in [3.8, 4) is 0 Å². The molecule has 0 fully saturated rings. The number of fused-ring (bicyclic) bond motifs is 1. The average Bonchev–Trinajstić information content (AvgIpc) is 2.66. The maximum Gasteiger partial charge on any atom is 0.352 e. The number of halogens is 1. The van der Waals surface area contributed by atoms with Crippen molar-refractivity contribution < 1.29 is 4.73 Å². The molecule has 0 saturated heterocycles. The Labute approximate surface area is 102 Å². The standard InChI is InChI=1S/C11H14BrN3O/c1-3-4-5-10-13-9-6-8(12)7(2)15(16)11(9)14-10/h6H,3-5H2,1-2H3,(H,13,14). The molecule has 0 amide bonds. The number of aromatic nitrogens is 3. The van der Waals surface area contributed by atoms with E-state index in [1.54, 1.807) is 6.92 Å². The van der Waals surface area contributed by atoms with Crippen molar-refractivity contribution in [1.82, 2.24) is 9.97 Å². The Hall–Kier alpha value is -1.10. The molecular formula is C11H14BrN3O. The first kappa shape index (κ1) is 11.4. The van der Waals surface area contributed by atoms with Crippen molar-refractivity contribution in [2.45, 2.75) is 33.1 Å². The Bertz CT molecular complexity index is 521. The molecule has 1 N–H and O–H groups in total. The first-order valence-electron chi connectivity index (χ1n) is 5.40. The molecule has 0 unspecified atom stereocenters. The Balaban J connectivity index is 2.49. The Morgan fingerprint density at radius 1 is 1.56 bits per heavy atom. The molecule has 16 heavy (non-hydrogen) atoms. The van der Waals surface area contributed by atoms with E-state index < -0.39 is 0 Å². The number of nitrogens with zero attached hydrogens (tertiary/aromatic N) is 2. The van der Waals surface area contributed by atoms with Crippen LogP contribution in [0.5, 0.6) is 0 Å². The highest BCUT2D eigenvalue weighted by molar-refractivity contribution is 9.10. The van der Waals surface area contributed by atoms with Crippen LogP contribution < -0.4 is 4.73 Å². The summed E-state index contributed by atoms with van der Waals surface area (Å²) in [4.78, 5) is 7.50. The smallest absolute Gasteiger partial charge is 0.352 e. The monoisotopic (exact) mass is 283 g/mol. The summed E-state index contributed by atoms with van der Waals surface area (Å²) in [5.74, 6) is 0.888. The second-order valence-electron chi connectivity index (χ2n) is 3.90. The van der Waals surface area contributed by atoms with E-state index in [0.29, 0.717) is 11.3 Å². The molecule has 2 aromatic heterocycles. The van der Waals surface area contributed by atoms with E-state index in [0.717, 1.165) is 39.8 Å². The zero-order valence-electron chi connectivity index (χ0n) is 9.38. The zero-order valence-corrected chi connectivity index (χ0v) is 11.0. The highest BCUT2D eigenvalue weighted by Crippen LogP contribution is 2.18. The van der Waals surface area contributed by atoms with E-state index in [1.165, 1.54) is 0 Å². The van der Waals surface area contributed by atoms with Crippen molar-refractivity contribution in [2.24, 2.45) is 0 Å². The molecule has 0 saturated carbocycles. The van der Waals surface area contributed by atoms with E-state index in [4.69, 9.17) is 0 Å². The summed E-state index contributed by atoms with van der Waals surface area (Å²) in [7, 11) is 0. The van der Waals surface area contributed by atoms with Gasteiger partial charge in [0.1, 0.15) is 11.2 Å². The van der Waals surface area contributed by atoms with Crippen LogP contribution in [0.1, 0.15) is 31.3 Å². The lowest BCUT2D eigenvalue weighted by molar-refractivity contribution is -0.586. The van der Waals surface area contributed by atoms with Crippen LogP contribution in [-0.2, 0) is 6.42 Å². The second kappa shape index (κ2) is 4.41. The second-order valence-corrected chi connectivity index (χ2v) is 4.75. The topological polar surface area (TPSA) is 55.6 Å². The van der Waals surface area contributed by atoms with E-state index in [9.17, 15) is 5.21 Å². The maximum atomic E-state index is 11.8. The van der Waals surface area contributed by atoms with Gasteiger partial charge in [0.05, 0.1) is 4.47 Å². The van der Waals surface area contributed by atoms with Gasteiger partial charge in [-0.1, -0.05) is 13.3 Å². The number of unbranched alkanes of at least 4 members (excludes halogenated alkanes) is 1. The summed E-state index contributed by atoms with van der Waals surface area (Å²) >= 11 is 3.36. The van der Waals surface area contributed by atoms with Gasteiger partial charge in [-0.25, -0.2) is 4.73 Å². The van der Waals surface area contributed by atoms with Crippen LogP contribution in [0.15, 0.2) is 10.5 Å². The quantitative estimate of drug-likeness (QED) is 0.695. The Morgan fingerprint density at radius 2 is 2.31 bits per heavy atom. The molecule has 0 bridgehead atoms. The Morgan fingerprint density at radius 3 is 3.00 bits per heavy atom. The van der Waals surface area contributed by atoms with Crippen molar-refractivity contribution >= 4 is 27.1 Å². The fraction of sp³-hybridized carbons (Fsp3) is 0.455. The molecule has 0 aliphatic heterocycles. The van der Waals surface area contributed by atoms with Crippen LogP contribution in [0.4, 0.5) is 0 Å². The number of aryl methyl sites for hydroxylation is 1. The van der Waals surface area contributed by atoms with Gasteiger partial charge in [0.25, 0.3) is 0 Å². The molecule has 0 atom stereocenters. The third-order valence-corrected chi connectivity index (χ3v) is 3.44. The molecule has 2 rings (SSSR count). The fourth-order valence-corrected chi connectivity index (χ4v) is 2.02. The molecule has 0 spiro atoms. The minimum Gasteiger partial charge on any atom is -0.710 e. The Kier molecular flexibility index (Phi) is 3.14. The molecule has 0 aliphatic carbocycles. The number of H-pyrrole nitrogens is 1. The molecule has 2 heterocycles. The highest BCUT2D eigenvalue weighted by atomic mass is 79.9. The van der Waals surface area contributed by atoms with Gasteiger partial charge in [-0.15, -0.1) is 0 Å². The molecule has 0 aromatic carbocycles. The molecular weight excluding hydrogens is 270 g/mol.